The molecule has 3 nitrogen and oxygen atoms in total. The van der Waals surface area contributed by atoms with Gasteiger partial charge in [0.05, 0.1) is 5.69 Å². The van der Waals surface area contributed by atoms with Gasteiger partial charge >= 0.3 is 0 Å². The molecule has 1 aromatic carbocycles. The topological polar surface area (TPSA) is 18.5 Å². The van der Waals surface area contributed by atoms with Gasteiger partial charge in [-0.2, -0.15) is 0 Å². The van der Waals surface area contributed by atoms with Crippen LogP contribution >= 0.6 is 0 Å². The highest BCUT2D eigenvalue weighted by molar-refractivity contribution is 5.55. The number of likely N-dealkylation sites (N-methyl/N-ethyl adjacent to an activating group) is 1. The van der Waals surface area contributed by atoms with Crippen molar-refractivity contribution >= 4 is 5.69 Å². The highest BCUT2D eigenvalue weighted by atomic mass is 19.1. The van der Waals surface area contributed by atoms with Crippen LogP contribution in [0.2, 0.25) is 0 Å². The van der Waals surface area contributed by atoms with Crippen molar-refractivity contribution in [1.29, 1.82) is 0 Å². The first-order chi connectivity index (χ1) is 10.0. The van der Waals surface area contributed by atoms with E-state index in [0.29, 0.717) is 12.1 Å². The summed E-state index contributed by atoms with van der Waals surface area (Å²) in [5.74, 6) is -0.102. The lowest BCUT2D eigenvalue weighted by molar-refractivity contribution is 0.169. The molecule has 2 rings (SSSR count). The highest BCUT2D eigenvalue weighted by Crippen LogP contribution is 2.28. The highest BCUT2D eigenvalue weighted by Gasteiger charge is 2.29. The molecule has 1 aliphatic heterocycles. The van der Waals surface area contributed by atoms with Crippen LogP contribution in [0.5, 0.6) is 0 Å². The molecule has 1 saturated heterocycles. The lowest BCUT2D eigenvalue weighted by Gasteiger charge is -2.44. The third kappa shape index (κ3) is 3.74. The molecule has 0 saturated carbocycles. The number of halogens is 1. The largest absolute Gasteiger partial charge is 0.366 e. The fraction of sp³-hybridized carbons (Fsp3) is 0.647. The zero-order valence-corrected chi connectivity index (χ0v) is 13.7. The van der Waals surface area contributed by atoms with Gasteiger partial charge in [-0.15, -0.1) is 0 Å². The lowest BCUT2D eigenvalue weighted by Crippen LogP contribution is -2.55. The van der Waals surface area contributed by atoms with Crippen molar-refractivity contribution < 1.29 is 4.39 Å². The summed E-state index contributed by atoms with van der Waals surface area (Å²) in [5, 5.41) is 3.39. The molecule has 0 radical (unpaired) electrons. The maximum atomic E-state index is 14.4. The van der Waals surface area contributed by atoms with Crippen LogP contribution in [0.25, 0.3) is 0 Å². The molecule has 1 aromatic rings. The minimum Gasteiger partial charge on any atom is -0.366 e. The number of nitrogens with one attached hydrogen (secondary N) is 1. The molecule has 0 aliphatic carbocycles. The molecule has 1 N–H and O–H groups in total. The first kappa shape index (κ1) is 16.2. The minimum absolute atomic E-state index is 0.102. The maximum Gasteiger partial charge on any atom is 0.146 e. The van der Waals surface area contributed by atoms with Crippen molar-refractivity contribution in [1.82, 2.24) is 10.2 Å². The first-order valence-corrected chi connectivity index (χ1v) is 7.99. The Morgan fingerprint density at radius 3 is 2.52 bits per heavy atom. The van der Waals surface area contributed by atoms with Crippen LogP contribution in [0.3, 0.4) is 0 Å². The van der Waals surface area contributed by atoms with Gasteiger partial charge in [0.25, 0.3) is 0 Å². The molecule has 2 unspecified atom stereocenters. The molecule has 1 fully saturated rings. The number of piperazine rings is 1. The van der Waals surface area contributed by atoms with Crippen LogP contribution < -0.4 is 10.2 Å². The summed E-state index contributed by atoms with van der Waals surface area (Å²) in [6.45, 7) is 10.0. The number of anilines is 1. The predicted octanol–water partition coefficient (Wildman–Crippen LogP) is 2.85. The second kappa shape index (κ2) is 7.23. The van der Waals surface area contributed by atoms with E-state index in [1.807, 2.05) is 12.1 Å². The molecular weight excluding hydrogens is 265 g/mol. The van der Waals surface area contributed by atoms with Gasteiger partial charge in [0.15, 0.2) is 0 Å². The van der Waals surface area contributed by atoms with Crippen molar-refractivity contribution in [2.45, 2.75) is 45.8 Å². The molecule has 21 heavy (non-hydrogen) atoms. The van der Waals surface area contributed by atoms with Crippen LogP contribution in [0.4, 0.5) is 10.1 Å². The molecule has 0 spiro atoms. The summed E-state index contributed by atoms with van der Waals surface area (Å²) in [7, 11) is 2.15. The van der Waals surface area contributed by atoms with Crippen LogP contribution in [-0.2, 0) is 6.54 Å². The lowest BCUT2D eigenvalue weighted by atomic mass is 10.1. The standard InChI is InChI=1S/C17H28FN3/c1-5-9-19-10-15-7-6-8-16(18)17(15)21-11-13(2)20(4)14(3)12-21/h6-8,13-14,19H,5,9-12H2,1-4H3. The van der Waals surface area contributed by atoms with Gasteiger partial charge in [0.1, 0.15) is 5.82 Å². The van der Waals surface area contributed by atoms with E-state index in [1.54, 1.807) is 6.07 Å². The number of para-hydroxylation sites is 1. The molecule has 4 heteroatoms. The van der Waals surface area contributed by atoms with E-state index < -0.39 is 0 Å². The normalized spacial score (nSPS) is 23.6. The number of benzene rings is 1. The molecule has 1 heterocycles. The van der Waals surface area contributed by atoms with E-state index >= 15 is 0 Å². The third-order valence-corrected chi connectivity index (χ3v) is 4.49. The summed E-state index contributed by atoms with van der Waals surface area (Å²) in [5.41, 5.74) is 1.85. The van der Waals surface area contributed by atoms with E-state index in [9.17, 15) is 4.39 Å². The van der Waals surface area contributed by atoms with Crippen LogP contribution in [0.1, 0.15) is 32.8 Å². The summed E-state index contributed by atoms with van der Waals surface area (Å²) >= 11 is 0. The van der Waals surface area contributed by atoms with Crippen molar-refractivity contribution in [3.8, 4) is 0 Å². The molecule has 1 aliphatic rings. The minimum atomic E-state index is -0.102. The average Bonchev–Trinajstić information content (AvgIpc) is 2.45. The fourth-order valence-electron chi connectivity index (χ4n) is 3.04. The molecule has 2 atom stereocenters. The number of nitrogens with zero attached hydrogens (tertiary/aromatic N) is 2. The maximum absolute atomic E-state index is 14.4. The monoisotopic (exact) mass is 293 g/mol. The van der Waals surface area contributed by atoms with Gasteiger partial charge < -0.3 is 10.2 Å². The smallest absolute Gasteiger partial charge is 0.146 e. The van der Waals surface area contributed by atoms with Gasteiger partial charge in [-0.05, 0) is 45.5 Å². The predicted molar refractivity (Wildman–Crippen MR) is 87.3 cm³/mol. The van der Waals surface area contributed by atoms with Crippen molar-refractivity contribution in [3.05, 3.63) is 29.6 Å². The van der Waals surface area contributed by atoms with E-state index in [1.165, 1.54) is 0 Å². The van der Waals surface area contributed by atoms with Crippen molar-refractivity contribution in [2.24, 2.45) is 0 Å². The fourth-order valence-corrected chi connectivity index (χ4v) is 3.04. The van der Waals surface area contributed by atoms with Gasteiger partial charge in [0.2, 0.25) is 0 Å². The van der Waals surface area contributed by atoms with Gasteiger partial charge in [-0.3, -0.25) is 4.90 Å². The van der Waals surface area contributed by atoms with Gasteiger partial charge in [0, 0.05) is 31.7 Å². The molecule has 0 amide bonds. The summed E-state index contributed by atoms with van der Waals surface area (Å²) in [6, 6.07) is 6.29. The van der Waals surface area contributed by atoms with E-state index in [0.717, 1.165) is 43.9 Å². The second-order valence-corrected chi connectivity index (χ2v) is 6.19. The number of rotatable bonds is 5. The van der Waals surface area contributed by atoms with Crippen molar-refractivity contribution in [2.75, 3.05) is 31.6 Å². The SMILES string of the molecule is CCCNCc1cccc(F)c1N1CC(C)N(C)C(C)C1. The Bertz CT molecular complexity index is 451. The summed E-state index contributed by atoms with van der Waals surface area (Å²) < 4.78 is 14.4. The quantitative estimate of drug-likeness (QED) is 0.842. The number of hydrogen-bond acceptors (Lipinski definition) is 3. The Labute approximate surface area is 128 Å². The molecular formula is C17H28FN3. The zero-order chi connectivity index (χ0) is 15.4. The Morgan fingerprint density at radius 1 is 1.24 bits per heavy atom. The molecule has 0 aromatic heterocycles. The Morgan fingerprint density at radius 2 is 1.90 bits per heavy atom. The Kier molecular flexibility index (Phi) is 5.59. The van der Waals surface area contributed by atoms with Crippen LogP contribution in [0, 0.1) is 5.82 Å². The van der Waals surface area contributed by atoms with Crippen LogP contribution in [-0.4, -0.2) is 43.7 Å². The second-order valence-electron chi connectivity index (χ2n) is 6.19. The molecule has 0 bridgehead atoms. The summed E-state index contributed by atoms with van der Waals surface area (Å²) in [6.07, 6.45) is 1.09. The van der Waals surface area contributed by atoms with Crippen LogP contribution in [0.15, 0.2) is 18.2 Å². The van der Waals surface area contributed by atoms with E-state index in [4.69, 9.17) is 0 Å². The van der Waals surface area contributed by atoms with Gasteiger partial charge in [-0.25, -0.2) is 4.39 Å². The van der Waals surface area contributed by atoms with Gasteiger partial charge in [-0.1, -0.05) is 19.1 Å². The Balaban J connectivity index is 2.21. The molecule has 118 valence electrons. The van der Waals surface area contributed by atoms with E-state index in [-0.39, 0.29) is 5.82 Å². The average molecular weight is 293 g/mol. The number of hydrogen-bond donors (Lipinski definition) is 1. The third-order valence-electron chi connectivity index (χ3n) is 4.49. The summed E-state index contributed by atoms with van der Waals surface area (Å²) in [4.78, 5) is 4.58. The zero-order valence-electron chi connectivity index (χ0n) is 13.7. The first-order valence-electron chi connectivity index (χ1n) is 7.99. The Hall–Kier alpha value is -1.13. The van der Waals surface area contributed by atoms with E-state index in [2.05, 4.69) is 42.9 Å². The van der Waals surface area contributed by atoms with Crippen molar-refractivity contribution in [3.63, 3.8) is 0 Å².